The van der Waals surface area contributed by atoms with Gasteiger partial charge in [0.15, 0.2) is 0 Å². The highest BCUT2D eigenvalue weighted by Crippen LogP contribution is 2.50. The molecule has 21 heavy (non-hydrogen) atoms. The van der Waals surface area contributed by atoms with Gasteiger partial charge in [-0.2, -0.15) is 0 Å². The fourth-order valence-corrected chi connectivity index (χ4v) is 5.51. The first-order valence-electron chi connectivity index (χ1n) is 8.40. The van der Waals surface area contributed by atoms with Crippen LogP contribution in [0.2, 0.25) is 0 Å². The van der Waals surface area contributed by atoms with Crippen LogP contribution in [0.1, 0.15) is 39.5 Å². The third-order valence-electron chi connectivity index (χ3n) is 5.30. The monoisotopic (exact) mass is 312 g/mol. The summed E-state index contributed by atoms with van der Waals surface area (Å²) in [5.74, 6) is 1.19. The van der Waals surface area contributed by atoms with E-state index >= 15 is 0 Å². The Morgan fingerprint density at radius 1 is 1.19 bits per heavy atom. The molecule has 1 spiro atoms. The number of hydrogen-bond acceptors (Lipinski definition) is 4. The number of carbonyl (C=O) groups excluding carboxylic acids is 1. The second-order valence-corrected chi connectivity index (χ2v) is 8.54. The van der Waals surface area contributed by atoms with Gasteiger partial charge < -0.3 is 9.64 Å². The Morgan fingerprint density at radius 2 is 1.86 bits per heavy atom. The normalized spacial score (nSPS) is 38.4. The molecule has 0 aromatic heterocycles. The maximum absolute atomic E-state index is 12.6. The second-order valence-electron chi connectivity index (χ2n) is 6.83. The van der Waals surface area contributed by atoms with Gasteiger partial charge in [-0.05, 0) is 38.5 Å². The average Bonchev–Trinajstić information content (AvgIpc) is 2.73. The van der Waals surface area contributed by atoms with E-state index in [0.717, 1.165) is 45.3 Å². The predicted molar refractivity (Wildman–Crippen MR) is 86.4 cm³/mol. The minimum absolute atomic E-state index is 0.106. The molecule has 2 heterocycles. The van der Waals surface area contributed by atoms with Crippen LogP contribution in [0.3, 0.4) is 0 Å². The number of hydrogen-bond donors (Lipinski definition) is 0. The van der Waals surface area contributed by atoms with Crippen molar-refractivity contribution in [2.24, 2.45) is 5.92 Å². The molecule has 4 nitrogen and oxygen atoms in total. The highest BCUT2D eigenvalue weighted by Gasteiger charge is 2.50. The third-order valence-corrected chi connectivity index (χ3v) is 6.92. The van der Waals surface area contributed by atoms with E-state index in [9.17, 15) is 4.79 Å². The Kier molecular flexibility index (Phi) is 4.81. The molecule has 1 atom stereocenters. The molecule has 2 aliphatic heterocycles. The van der Waals surface area contributed by atoms with Crippen molar-refractivity contribution in [3.63, 3.8) is 0 Å². The molecule has 3 rings (SSSR count). The van der Waals surface area contributed by atoms with Crippen molar-refractivity contribution in [2.75, 3.05) is 39.4 Å². The van der Waals surface area contributed by atoms with Gasteiger partial charge in [0.05, 0.1) is 23.3 Å². The predicted octanol–water partition coefficient (Wildman–Crippen LogP) is 2.19. The molecule has 1 aliphatic carbocycles. The number of ether oxygens (including phenoxy) is 1. The van der Waals surface area contributed by atoms with Gasteiger partial charge in [-0.1, -0.05) is 6.92 Å². The Bertz CT molecular complexity index is 376. The number of carbonyl (C=O) groups is 1. The standard InChI is InChI=1S/C16H28N2O2S/c1-13-3-5-16(6-4-13)18(15(19)14(2)21-16)8-7-17-9-11-20-12-10-17/h13-14H,3-12H2,1-2H3. The second kappa shape index (κ2) is 6.47. The van der Waals surface area contributed by atoms with E-state index in [0.29, 0.717) is 5.91 Å². The lowest BCUT2D eigenvalue weighted by Crippen LogP contribution is -2.50. The Hall–Kier alpha value is -0.260. The van der Waals surface area contributed by atoms with Crippen molar-refractivity contribution in [2.45, 2.75) is 49.7 Å². The summed E-state index contributed by atoms with van der Waals surface area (Å²) in [5.41, 5.74) is 0. The van der Waals surface area contributed by atoms with Crippen molar-refractivity contribution in [1.82, 2.24) is 9.80 Å². The van der Waals surface area contributed by atoms with Gasteiger partial charge in [0, 0.05) is 26.2 Å². The molecule has 0 radical (unpaired) electrons. The van der Waals surface area contributed by atoms with Gasteiger partial charge in [-0.3, -0.25) is 9.69 Å². The van der Waals surface area contributed by atoms with Crippen LogP contribution in [-0.2, 0) is 9.53 Å². The summed E-state index contributed by atoms with van der Waals surface area (Å²) >= 11 is 1.93. The molecule has 1 saturated carbocycles. The zero-order chi connectivity index (χ0) is 14.9. The van der Waals surface area contributed by atoms with Crippen molar-refractivity contribution in [1.29, 1.82) is 0 Å². The fraction of sp³-hybridized carbons (Fsp3) is 0.938. The third kappa shape index (κ3) is 3.25. The summed E-state index contributed by atoms with van der Waals surface area (Å²) in [7, 11) is 0. The van der Waals surface area contributed by atoms with Gasteiger partial charge in [0.2, 0.25) is 5.91 Å². The smallest absolute Gasteiger partial charge is 0.236 e. The molecular formula is C16H28N2O2S. The summed E-state index contributed by atoms with van der Waals surface area (Å²) in [4.78, 5) is 17.4. The summed E-state index contributed by atoms with van der Waals surface area (Å²) in [6, 6.07) is 0. The Balaban J connectivity index is 1.63. The zero-order valence-electron chi connectivity index (χ0n) is 13.3. The summed E-state index contributed by atoms with van der Waals surface area (Å²) < 4.78 is 5.40. The van der Waals surface area contributed by atoms with Crippen molar-refractivity contribution in [3.8, 4) is 0 Å². The van der Waals surface area contributed by atoms with Gasteiger partial charge in [0.1, 0.15) is 0 Å². The van der Waals surface area contributed by atoms with Crippen LogP contribution >= 0.6 is 11.8 Å². The van der Waals surface area contributed by atoms with Crippen LogP contribution in [0.25, 0.3) is 0 Å². The van der Waals surface area contributed by atoms with Crippen molar-refractivity contribution in [3.05, 3.63) is 0 Å². The average molecular weight is 312 g/mol. The number of thioether (sulfide) groups is 1. The molecule has 0 aromatic carbocycles. The molecule has 5 heteroatoms. The maximum Gasteiger partial charge on any atom is 0.236 e. The van der Waals surface area contributed by atoms with E-state index in [1.54, 1.807) is 0 Å². The number of morpholine rings is 1. The number of amides is 1. The molecule has 1 amide bonds. The largest absolute Gasteiger partial charge is 0.379 e. The van der Waals surface area contributed by atoms with Crippen molar-refractivity contribution < 1.29 is 9.53 Å². The topological polar surface area (TPSA) is 32.8 Å². The molecule has 1 unspecified atom stereocenters. The van der Waals surface area contributed by atoms with Gasteiger partial charge in [0.25, 0.3) is 0 Å². The van der Waals surface area contributed by atoms with Crippen LogP contribution in [0.15, 0.2) is 0 Å². The van der Waals surface area contributed by atoms with Crippen LogP contribution < -0.4 is 0 Å². The molecule has 0 N–H and O–H groups in total. The van der Waals surface area contributed by atoms with Gasteiger partial charge >= 0.3 is 0 Å². The van der Waals surface area contributed by atoms with E-state index in [1.165, 1.54) is 25.7 Å². The lowest BCUT2D eigenvalue weighted by Gasteiger charge is -2.43. The van der Waals surface area contributed by atoms with E-state index in [4.69, 9.17) is 4.74 Å². The Labute approximate surface area is 132 Å². The minimum Gasteiger partial charge on any atom is -0.379 e. The fourth-order valence-electron chi connectivity index (χ4n) is 3.84. The summed E-state index contributed by atoms with van der Waals surface area (Å²) in [6.07, 6.45) is 4.89. The molecular weight excluding hydrogens is 284 g/mol. The first kappa shape index (κ1) is 15.6. The lowest BCUT2D eigenvalue weighted by atomic mass is 9.86. The quantitative estimate of drug-likeness (QED) is 0.800. The Morgan fingerprint density at radius 3 is 2.52 bits per heavy atom. The van der Waals surface area contributed by atoms with Crippen LogP contribution in [0.5, 0.6) is 0 Å². The highest BCUT2D eigenvalue weighted by molar-refractivity contribution is 8.02. The molecule has 2 saturated heterocycles. The van der Waals surface area contributed by atoms with Crippen LogP contribution in [-0.4, -0.2) is 65.2 Å². The zero-order valence-corrected chi connectivity index (χ0v) is 14.2. The van der Waals surface area contributed by atoms with E-state index in [1.807, 2.05) is 11.8 Å². The van der Waals surface area contributed by atoms with Gasteiger partial charge in [-0.25, -0.2) is 0 Å². The summed E-state index contributed by atoms with van der Waals surface area (Å²) in [5, 5.41) is 0.142. The number of rotatable bonds is 3. The maximum atomic E-state index is 12.6. The van der Waals surface area contributed by atoms with E-state index < -0.39 is 0 Å². The van der Waals surface area contributed by atoms with Gasteiger partial charge in [-0.15, -0.1) is 11.8 Å². The summed E-state index contributed by atoms with van der Waals surface area (Å²) in [6.45, 7) is 10.0. The molecule has 0 bridgehead atoms. The first-order chi connectivity index (χ1) is 10.1. The van der Waals surface area contributed by atoms with E-state index in [2.05, 4.69) is 23.6 Å². The van der Waals surface area contributed by atoms with Crippen LogP contribution in [0, 0.1) is 5.92 Å². The first-order valence-corrected chi connectivity index (χ1v) is 9.28. The van der Waals surface area contributed by atoms with Crippen molar-refractivity contribution >= 4 is 17.7 Å². The molecule has 0 aromatic rings. The number of nitrogens with zero attached hydrogens (tertiary/aromatic N) is 2. The molecule has 3 aliphatic rings. The van der Waals surface area contributed by atoms with E-state index in [-0.39, 0.29) is 10.1 Å². The molecule has 120 valence electrons. The van der Waals surface area contributed by atoms with Crippen LogP contribution in [0.4, 0.5) is 0 Å². The minimum atomic E-state index is 0.106. The highest BCUT2D eigenvalue weighted by atomic mass is 32.2. The lowest BCUT2D eigenvalue weighted by molar-refractivity contribution is -0.133. The SMILES string of the molecule is CC1CCC2(CC1)SC(C)C(=O)N2CCN1CCOCC1. The molecule has 3 fully saturated rings.